The van der Waals surface area contributed by atoms with Crippen LogP contribution in [0.25, 0.3) is 0 Å². The van der Waals surface area contributed by atoms with Gasteiger partial charge < -0.3 is 14.6 Å². The minimum Gasteiger partial charge on any atom is -0.372 e. The molecule has 1 aromatic rings. The summed E-state index contributed by atoms with van der Waals surface area (Å²) in [6.07, 6.45) is -1.74. The Labute approximate surface area is 118 Å². The molecular formula is C14H23F3N2O. The first-order valence-corrected chi connectivity index (χ1v) is 6.71. The number of aryl methyl sites for hydroxylation is 1. The zero-order chi connectivity index (χ0) is 15.2. The zero-order valence-electron chi connectivity index (χ0n) is 12.3. The van der Waals surface area contributed by atoms with Gasteiger partial charge in [0.05, 0.1) is 0 Å². The summed E-state index contributed by atoms with van der Waals surface area (Å²) in [4.78, 5) is 0. The van der Waals surface area contributed by atoms with Crippen molar-refractivity contribution >= 4 is 0 Å². The van der Waals surface area contributed by atoms with E-state index in [1.165, 1.54) is 0 Å². The summed E-state index contributed by atoms with van der Waals surface area (Å²) in [5.74, 6) is 0. The van der Waals surface area contributed by atoms with E-state index in [0.717, 1.165) is 12.2 Å². The maximum absolute atomic E-state index is 11.9. The molecule has 0 aromatic carbocycles. The van der Waals surface area contributed by atoms with Gasteiger partial charge in [0, 0.05) is 37.1 Å². The molecule has 0 spiro atoms. The maximum Gasteiger partial charge on any atom is 0.411 e. The van der Waals surface area contributed by atoms with Crippen molar-refractivity contribution in [3.05, 3.63) is 24.0 Å². The smallest absolute Gasteiger partial charge is 0.372 e. The summed E-state index contributed by atoms with van der Waals surface area (Å²) < 4.78 is 42.3. The largest absolute Gasteiger partial charge is 0.411 e. The first kappa shape index (κ1) is 17.0. The minimum absolute atomic E-state index is 0.0327. The first-order chi connectivity index (χ1) is 9.17. The van der Waals surface area contributed by atoms with E-state index >= 15 is 0 Å². The van der Waals surface area contributed by atoms with Gasteiger partial charge in [0.2, 0.25) is 0 Å². The number of hydrogen-bond donors (Lipinski definition) is 1. The van der Waals surface area contributed by atoms with Crippen molar-refractivity contribution in [2.45, 2.75) is 52.0 Å². The molecule has 0 unspecified atom stereocenters. The van der Waals surface area contributed by atoms with E-state index in [1.807, 2.05) is 22.9 Å². The Kier molecular flexibility index (Phi) is 6.07. The van der Waals surface area contributed by atoms with E-state index in [9.17, 15) is 13.2 Å². The van der Waals surface area contributed by atoms with Crippen LogP contribution in [0, 0.1) is 0 Å². The fraction of sp³-hybridized carbons (Fsp3) is 0.714. The summed E-state index contributed by atoms with van der Waals surface area (Å²) in [7, 11) is 0. The molecule has 1 N–H and O–H groups in total. The Hall–Kier alpha value is -1.01. The molecule has 0 amide bonds. The van der Waals surface area contributed by atoms with Crippen LogP contribution in [0.5, 0.6) is 0 Å². The molecule has 0 aliphatic rings. The lowest BCUT2D eigenvalue weighted by Crippen LogP contribution is -2.35. The molecule has 1 aromatic heterocycles. The van der Waals surface area contributed by atoms with Gasteiger partial charge in [0.15, 0.2) is 0 Å². The van der Waals surface area contributed by atoms with E-state index < -0.39 is 12.8 Å². The highest BCUT2D eigenvalue weighted by molar-refractivity contribution is 5.07. The van der Waals surface area contributed by atoms with E-state index in [0.29, 0.717) is 13.0 Å². The summed E-state index contributed by atoms with van der Waals surface area (Å²) >= 11 is 0. The van der Waals surface area contributed by atoms with Crippen LogP contribution in [0.15, 0.2) is 18.3 Å². The lowest BCUT2D eigenvalue weighted by Gasteiger charge is -2.21. The minimum atomic E-state index is -4.24. The third kappa shape index (κ3) is 7.55. The van der Waals surface area contributed by atoms with Crippen LogP contribution in [-0.2, 0) is 17.8 Å². The number of rotatable bonds is 7. The normalized spacial score (nSPS) is 12.9. The van der Waals surface area contributed by atoms with Crippen molar-refractivity contribution in [1.29, 1.82) is 0 Å². The Morgan fingerprint density at radius 3 is 2.55 bits per heavy atom. The van der Waals surface area contributed by atoms with Crippen LogP contribution >= 0.6 is 0 Å². The predicted octanol–water partition coefficient (Wildman–Crippen LogP) is 3.35. The van der Waals surface area contributed by atoms with E-state index in [-0.39, 0.29) is 12.1 Å². The molecule has 6 heteroatoms. The molecule has 0 saturated heterocycles. The lowest BCUT2D eigenvalue weighted by atomic mass is 10.1. The van der Waals surface area contributed by atoms with Gasteiger partial charge in [0.25, 0.3) is 0 Å². The van der Waals surface area contributed by atoms with E-state index in [1.54, 1.807) is 0 Å². The van der Waals surface area contributed by atoms with Gasteiger partial charge in [-0.2, -0.15) is 13.2 Å². The average molecular weight is 292 g/mol. The number of nitrogens with one attached hydrogen (secondary N) is 1. The molecule has 116 valence electrons. The van der Waals surface area contributed by atoms with Crippen LogP contribution in [0.2, 0.25) is 0 Å². The third-order valence-corrected chi connectivity index (χ3v) is 2.68. The molecular weight excluding hydrogens is 269 g/mol. The topological polar surface area (TPSA) is 26.2 Å². The monoisotopic (exact) mass is 292 g/mol. The highest BCUT2D eigenvalue weighted by Crippen LogP contribution is 2.14. The number of aromatic nitrogens is 1. The molecule has 0 bridgehead atoms. The number of alkyl halides is 3. The number of ether oxygens (including phenoxy) is 1. The molecule has 0 radical (unpaired) electrons. The van der Waals surface area contributed by atoms with Crippen molar-refractivity contribution in [2.24, 2.45) is 0 Å². The molecule has 1 rings (SSSR count). The third-order valence-electron chi connectivity index (χ3n) is 2.68. The predicted molar refractivity (Wildman–Crippen MR) is 72.5 cm³/mol. The molecule has 0 atom stereocenters. The molecule has 0 aliphatic carbocycles. The number of nitrogens with zero attached hydrogens (tertiary/aromatic N) is 1. The quantitative estimate of drug-likeness (QED) is 0.780. The first-order valence-electron chi connectivity index (χ1n) is 6.71. The Balaban J connectivity index is 2.29. The van der Waals surface area contributed by atoms with Crippen molar-refractivity contribution in [3.63, 3.8) is 0 Å². The van der Waals surface area contributed by atoms with Crippen molar-refractivity contribution in [2.75, 3.05) is 13.2 Å². The summed E-state index contributed by atoms with van der Waals surface area (Å²) in [5, 5.41) is 3.39. The number of hydrogen-bond acceptors (Lipinski definition) is 2. The van der Waals surface area contributed by atoms with Gasteiger partial charge in [-0.3, -0.25) is 0 Å². The number of halogens is 3. The Morgan fingerprint density at radius 2 is 1.95 bits per heavy atom. The summed E-state index contributed by atoms with van der Waals surface area (Å²) in [6.45, 7) is 6.61. The second-order valence-electron chi connectivity index (χ2n) is 5.82. The second kappa shape index (κ2) is 7.13. The van der Waals surface area contributed by atoms with Crippen molar-refractivity contribution < 1.29 is 17.9 Å². The van der Waals surface area contributed by atoms with Gasteiger partial charge in [-0.05, 0) is 39.3 Å². The summed E-state index contributed by atoms with van der Waals surface area (Å²) in [6, 6.07) is 3.95. The molecule has 0 saturated carbocycles. The van der Waals surface area contributed by atoms with Crippen molar-refractivity contribution in [1.82, 2.24) is 9.88 Å². The van der Waals surface area contributed by atoms with Gasteiger partial charge >= 0.3 is 6.18 Å². The van der Waals surface area contributed by atoms with Crippen LogP contribution in [0.4, 0.5) is 13.2 Å². The summed E-state index contributed by atoms with van der Waals surface area (Å²) in [5.41, 5.74) is 1.15. The lowest BCUT2D eigenvalue weighted by molar-refractivity contribution is -0.174. The molecule has 0 fully saturated rings. The fourth-order valence-corrected chi connectivity index (χ4v) is 1.71. The second-order valence-corrected chi connectivity index (χ2v) is 5.82. The molecule has 0 aliphatic heterocycles. The van der Waals surface area contributed by atoms with Gasteiger partial charge in [-0.1, -0.05) is 0 Å². The van der Waals surface area contributed by atoms with Gasteiger partial charge in [-0.15, -0.1) is 0 Å². The SMILES string of the molecule is CC(C)(C)NCc1cccn1CCCOCC(F)(F)F. The van der Waals surface area contributed by atoms with Gasteiger partial charge in [0.1, 0.15) is 6.61 Å². The highest BCUT2D eigenvalue weighted by atomic mass is 19.4. The highest BCUT2D eigenvalue weighted by Gasteiger charge is 2.27. The van der Waals surface area contributed by atoms with E-state index in [2.05, 4.69) is 30.8 Å². The van der Waals surface area contributed by atoms with Crippen LogP contribution < -0.4 is 5.32 Å². The van der Waals surface area contributed by atoms with Crippen LogP contribution in [-0.4, -0.2) is 29.5 Å². The van der Waals surface area contributed by atoms with Crippen LogP contribution in [0.3, 0.4) is 0 Å². The zero-order valence-corrected chi connectivity index (χ0v) is 12.3. The molecule has 3 nitrogen and oxygen atoms in total. The molecule has 20 heavy (non-hydrogen) atoms. The maximum atomic E-state index is 11.9. The van der Waals surface area contributed by atoms with Crippen LogP contribution in [0.1, 0.15) is 32.9 Å². The average Bonchev–Trinajstić information content (AvgIpc) is 2.71. The molecule has 1 heterocycles. The standard InChI is InChI=1S/C14H23F3N2O/c1-13(2,3)18-10-12-6-4-7-19(12)8-5-9-20-11-14(15,16)17/h4,6-7,18H,5,8-11H2,1-3H3. The fourth-order valence-electron chi connectivity index (χ4n) is 1.71. The van der Waals surface area contributed by atoms with E-state index in [4.69, 9.17) is 0 Å². The Bertz CT molecular complexity index is 394. The Morgan fingerprint density at radius 1 is 1.25 bits per heavy atom. The van der Waals surface area contributed by atoms with Gasteiger partial charge in [-0.25, -0.2) is 0 Å². The van der Waals surface area contributed by atoms with Crippen molar-refractivity contribution in [3.8, 4) is 0 Å².